The number of benzene rings is 3. The molecule has 7 nitrogen and oxygen atoms in total. The van der Waals surface area contributed by atoms with Crippen LogP contribution in [0.3, 0.4) is 0 Å². The van der Waals surface area contributed by atoms with Crippen molar-refractivity contribution in [2.24, 2.45) is 5.10 Å². The highest BCUT2D eigenvalue weighted by atomic mass is 79.9. The summed E-state index contributed by atoms with van der Waals surface area (Å²) in [5.41, 5.74) is 3.92. The molecule has 0 spiro atoms. The Balaban J connectivity index is 1.52. The van der Waals surface area contributed by atoms with Gasteiger partial charge in [-0.3, -0.25) is 4.79 Å². The van der Waals surface area contributed by atoms with Crippen LogP contribution in [-0.2, 0) is 9.59 Å². The average Bonchev–Trinajstić information content (AvgIpc) is 2.84. The molecule has 0 unspecified atom stereocenters. The second-order valence-corrected chi connectivity index (χ2v) is 7.53. The molecule has 168 valence electrons. The second-order valence-electron chi connectivity index (χ2n) is 6.61. The maximum absolute atomic E-state index is 12.1. The number of carbonyl (C=O) groups excluding carboxylic acids is 2. The molecule has 0 atom stereocenters. The van der Waals surface area contributed by atoms with Crippen LogP contribution in [0.25, 0.3) is 6.08 Å². The molecule has 0 saturated carbocycles. The summed E-state index contributed by atoms with van der Waals surface area (Å²) in [4.78, 5) is 24.0. The molecule has 33 heavy (non-hydrogen) atoms. The quantitative estimate of drug-likeness (QED) is 0.150. The zero-order chi connectivity index (χ0) is 23.5. The highest BCUT2D eigenvalue weighted by molar-refractivity contribution is 9.10. The van der Waals surface area contributed by atoms with Crippen molar-refractivity contribution in [2.45, 2.75) is 0 Å². The third-order valence-electron chi connectivity index (χ3n) is 4.20. The van der Waals surface area contributed by atoms with Crippen LogP contribution in [0.1, 0.15) is 11.1 Å². The number of carbonyl (C=O) groups is 2. The lowest BCUT2D eigenvalue weighted by molar-refractivity contribution is -0.129. The average molecular weight is 509 g/mol. The van der Waals surface area contributed by atoms with E-state index in [0.29, 0.717) is 17.1 Å². The molecule has 0 aliphatic heterocycles. The fraction of sp³-hybridized carbons (Fsp3) is 0.0800. The summed E-state index contributed by atoms with van der Waals surface area (Å²) in [5.74, 6) is 0.258. The first-order chi connectivity index (χ1) is 16.0. The molecule has 1 N–H and O–H groups in total. The fourth-order valence-corrected chi connectivity index (χ4v) is 2.87. The van der Waals surface area contributed by atoms with Crippen LogP contribution >= 0.6 is 15.9 Å². The SMILES string of the molecule is COc1cc(/C=N/NC(=O)COc2ccc(Br)cc2)ccc1OC(=O)/C=C/c1ccccc1. The minimum Gasteiger partial charge on any atom is -0.493 e. The Hall–Kier alpha value is -3.91. The van der Waals surface area contributed by atoms with Crippen LogP contribution in [-0.4, -0.2) is 31.8 Å². The number of hydrogen-bond donors (Lipinski definition) is 1. The van der Waals surface area contributed by atoms with Crippen LogP contribution in [0, 0.1) is 0 Å². The van der Waals surface area contributed by atoms with E-state index in [1.54, 1.807) is 36.4 Å². The maximum Gasteiger partial charge on any atom is 0.336 e. The highest BCUT2D eigenvalue weighted by Gasteiger charge is 2.09. The zero-order valence-electron chi connectivity index (χ0n) is 17.7. The Morgan fingerprint density at radius 1 is 0.970 bits per heavy atom. The number of nitrogens with one attached hydrogen (secondary N) is 1. The Bertz CT molecular complexity index is 1150. The van der Waals surface area contributed by atoms with Gasteiger partial charge in [0.15, 0.2) is 18.1 Å². The summed E-state index contributed by atoms with van der Waals surface area (Å²) in [6.45, 7) is -0.173. The van der Waals surface area contributed by atoms with Gasteiger partial charge in [-0.15, -0.1) is 0 Å². The summed E-state index contributed by atoms with van der Waals surface area (Å²) < 4.78 is 17.0. The molecule has 0 heterocycles. The van der Waals surface area contributed by atoms with E-state index in [1.165, 1.54) is 19.4 Å². The predicted octanol–water partition coefficient (Wildman–Crippen LogP) is 4.61. The summed E-state index contributed by atoms with van der Waals surface area (Å²) in [6, 6.07) is 21.5. The standard InChI is InChI=1S/C25H21BrN2O5/c1-31-23-15-19(16-27-28-24(29)17-32-21-11-9-20(26)10-12-21)7-13-22(23)33-25(30)14-8-18-5-3-2-4-6-18/h2-16H,17H2,1H3,(H,28,29)/b14-8+,27-16+. The van der Waals surface area contributed by atoms with Crippen LogP contribution in [0.4, 0.5) is 0 Å². The van der Waals surface area contributed by atoms with Gasteiger partial charge in [0.25, 0.3) is 5.91 Å². The molecule has 0 saturated heterocycles. The molecular formula is C25H21BrN2O5. The lowest BCUT2D eigenvalue weighted by Crippen LogP contribution is -2.24. The number of esters is 1. The van der Waals surface area contributed by atoms with Gasteiger partial charge in [0.05, 0.1) is 13.3 Å². The van der Waals surface area contributed by atoms with E-state index in [2.05, 4.69) is 26.5 Å². The monoisotopic (exact) mass is 508 g/mol. The van der Waals surface area contributed by atoms with Gasteiger partial charge in [-0.25, -0.2) is 10.2 Å². The third-order valence-corrected chi connectivity index (χ3v) is 4.72. The van der Waals surface area contributed by atoms with Crippen molar-refractivity contribution in [3.63, 3.8) is 0 Å². The Morgan fingerprint density at radius 3 is 2.45 bits per heavy atom. The summed E-state index contributed by atoms with van der Waals surface area (Å²) in [7, 11) is 1.47. The minimum absolute atomic E-state index is 0.173. The maximum atomic E-state index is 12.1. The first-order valence-electron chi connectivity index (χ1n) is 9.87. The molecule has 3 aromatic rings. The molecule has 3 aromatic carbocycles. The first-order valence-corrected chi connectivity index (χ1v) is 10.7. The number of methoxy groups -OCH3 is 1. The van der Waals surface area contributed by atoms with E-state index in [4.69, 9.17) is 14.2 Å². The van der Waals surface area contributed by atoms with Crippen molar-refractivity contribution in [3.05, 3.63) is 94.5 Å². The summed E-state index contributed by atoms with van der Waals surface area (Å²) >= 11 is 3.33. The van der Waals surface area contributed by atoms with Gasteiger partial charge in [-0.05, 0) is 59.7 Å². The molecule has 0 aliphatic rings. The van der Waals surface area contributed by atoms with Gasteiger partial charge in [0.2, 0.25) is 0 Å². The minimum atomic E-state index is -0.531. The number of halogens is 1. The molecule has 8 heteroatoms. The van der Waals surface area contributed by atoms with Crippen molar-refractivity contribution in [1.29, 1.82) is 0 Å². The normalized spacial score (nSPS) is 10.8. The molecule has 0 aromatic heterocycles. The van der Waals surface area contributed by atoms with Crippen LogP contribution in [0.15, 0.2) is 88.4 Å². The lowest BCUT2D eigenvalue weighted by atomic mass is 10.2. The Morgan fingerprint density at radius 2 is 1.73 bits per heavy atom. The van der Waals surface area contributed by atoms with Gasteiger partial charge in [-0.1, -0.05) is 46.3 Å². The van der Waals surface area contributed by atoms with Crippen molar-refractivity contribution < 1.29 is 23.8 Å². The predicted molar refractivity (Wildman–Crippen MR) is 129 cm³/mol. The number of amides is 1. The second kappa shape index (κ2) is 12.2. The molecule has 3 rings (SSSR count). The van der Waals surface area contributed by atoms with Gasteiger partial charge >= 0.3 is 5.97 Å². The topological polar surface area (TPSA) is 86.2 Å². The molecular weight excluding hydrogens is 488 g/mol. The smallest absolute Gasteiger partial charge is 0.336 e. The Kier molecular flexibility index (Phi) is 8.79. The third kappa shape index (κ3) is 7.93. The Labute approximate surface area is 199 Å². The summed E-state index contributed by atoms with van der Waals surface area (Å²) in [5, 5.41) is 3.91. The van der Waals surface area contributed by atoms with E-state index in [9.17, 15) is 9.59 Å². The number of ether oxygens (including phenoxy) is 3. The van der Waals surface area contributed by atoms with E-state index >= 15 is 0 Å². The van der Waals surface area contributed by atoms with Gasteiger partial charge in [0, 0.05) is 10.5 Å². The summed E-state index contributed by atoms with van der Waals surface area (Å²) in [6.07, 6.45) is 4.45. The number of hydrazone groups is 1. The van der Waals surface area contributed by atoms with Crippen molar-refractivity contribution in [3.8, 4) is 17.2 Å². The zero-order valence-corrected chi connectivity index (χ0v) is 19.3. The molecule has 1 amide bonds. The molecule has 0 radical (unpaired) electrons. The number of hydrogen-bond acceptors (Lipinski definition) is 6. The van der Waals surface area contributed by atoms with Crippen LogP contribution in [0.5, 0.6) is 17.2 Å². The van der Waals surface area contributed by atoms with E-state index in [1.807, 2.05) is 42.5 Å². The van der Waals surface area contributed by atoms with Crippen molar-refractivity contribution in [1.82, 2.24) is 5.43 Å². The van der Waals surface area contributed by atoms with Crippen molar-refractivity contribution >= 4 is 40.1 Å². The number of rotatable bonds is 9. The first kappa shape index (κ1) is 23.7. The largest absolute Gasteiger partial charge is 0.493 e. The van der Waals surface area contributed by atoms with Gasteiger partial charge < -0.3 is 14.2 Å². The van der Waals surface area contributed by atoms with Gasteiger partial charge in [0.1, 0.15) is 5.75 Å². The molecule has 0 aliphatic carbocycles. The highest BCUT2D eigenvalue weighted by Crippen LogP contribution is 2.27. The molecule has 0 bridgehead atoms. The van der Waals surface area contributed by atoms with Crippen molar-refractivity contribution in [2.75, 3.05) is 13.7 Å². The van der Waals surface area contributed by atoms with E-state index in [0.717, 1.165) is 10.0 Å². The molecule has 0 fully saturated rings. The van der Waals surface area contributed by atoms with Gasteiger partial charge in [-0.2, -0.15) is 5.10 Å². The van der Waals surface area contributed by atoms with Crippen LogP contribution < -0.4 is 19.6 Å². The fourth-order valence-electron chi connectivity index (χ4n) is 2.61. The van der Waals surface area contributed by atoms with E-state index in [-0.39, 0.29) is 12.4 Å². The number of nitrogens with zero attached hydrogens (tertiary/aromatic N) is 1. The van der Waals surface area contributed by atoms with E-state index < -0.39 is 11.9 Å². The lowest BCUT2D eigenvalue weighted by Gasteiger charge is -2.08. The van der Waals surface area contributed by atoms with Crippen LogP contribution in [0.2, 0.25) is 0 Å².